The van der Waals surface area contributed by atoms with Crippen LogP contribution in [0.4, 0.5) is 0 Å². The van der Waals surface area contributed by atoms with Crippen molar-refractivity contribution in [2.24, 2.45) is 0 Å². The fourth-order valence-electron chi connectivity index (χ4n) is 4.75. The Hall–Kier alpha value is -3.88. The molecule has 0 spiro atoms. The minimum Gasteiger partial charge on any atom is -0.480 e. The number of rotatable bonds is 15. The largest absolute Gasteiger partial charge is 0.480 e. The van der Waals surface area contributed by atoms with Crippen molar-refractivity contribution in [1.82, 2.24) is 10.3 Å². The molecule has 0 saturated carbocycles. The highest BCUT2D eigenvalue weighted by molar-refractivity contribution is 7.98. The number of hydrogen-bond donors (Lipinski definition) is 2. The fourth-order valence-corrected chi connectivity index (χ4v) is 5.22. The molecule has 220 valence electrons. The van der Waals surface area contributed by atoms with Gasteiger partial charge in [0.2, 0.25) is 5.89 Å². The number of hydrogen-bond acceptors (Lipinski definition) is 6. The Morgan fingerprint density at radius 2 is 1.79 bits per heavy atom. The molecule has 0 aliphatic heterocycles. The van der Waals surface area contributed by atoms with Crippen LogP contribution in [0.1, 0.15) is 66.0 Å². The Balaban J connectivity index is 1.59. The lowest BCUT2D eigenvalue weighted by Crippen LogP contribution is -2.41. The highest BCUT2D eigenvalue weighted by Gasteiger charge is 2.23. The molecule has 3 aromatic carbocycles. The number of carbonyl (C=O) groups excluding carboxylic acids is 1. The summed E-state index contributed by atoms with van der Waals surface area (Å²) in [5, 5.41) is 12.4. The van der Waals surface area contributed by atoms with E-state index in [1.54, 1.807) is 24.0 Å². The maximum Gasteiger partial charge on any atom is 0.326 e. The molecule has 42 heavy (non-hydrogen) atoms. The van der Waals surface area contributed by atoms with Gasteiger partial charge in [-0.15, -0.1) is 0 Å². The van der Waals surface area contributed by atoms with E-state index in [0.29, 0.717) is 36.0 Å². The predicted octanol–water partition coefficient (Wildman–Crippen LogP) is 7.70. The molecule has 0 saturated heterocycles. The van der Waals surface area contributed by atoms with Crippen LogP contribution in [0.25, 0.3) is 22.6 Å². The summed E-state index contributed by atoms with van der Waals surface area (Å²) >= 11 is 1.55. The van der Waals surface area contributed by atoms with Crippen molar-refractivity contribution in [3.8, 4) is 22.6 Å². The van der Waals surface area contributed by atoms with Crippen LogP contribution in [0.3, 0.4) is 0 Å². The zero-order valence-corrected chi connectivity index (χ0v) is 25.2. The number of carbonyl (C=O) groups is 2. The van der Waals surface area contributed by atoms with Gasteiger partial charge >= 0.3 is 5.97 Å². The molecule has 1 unspecified atom stereocenters. The van der Waals surface area contributed by atoms with Gasteiger partial charge in [-0.2, -0.15) is 11.8 Å². The normalized spacial score (nSPS) is 12.5. The van der Waals surface area contributed by atoms with Gasteiger partial charge in [0.1, 0.15) is 12.1 Å². The molecule has 1 amide bonds. The van der Waals surface area contributed by atoms with Crippen molar-refractivity contribution in [3.05, 3.63) is 101 Å². The third-order valence-electron chi connectivity index (χ3n) is 7.11. The zero-order chi connectivity index (χ0) is 29.9. The molecule has 0 aliphatic rings. The molecule has 1 heterocycles. The molecule has 0 bridgehead atoms. The lowest BCUT2D eigenvalue weighted by Gasteiger charge is -2.19. The van der Waals surface area contributed by atoms with Gasteiger partial charge in [-0.1, -0.05) is 68.3 Å². The topological polar surface area (TPSA) is 102 Å². The van der Waals surface area contributed by atoms with Crippen LogP contribution in [0.5, 0.6) is 0 Å². The van der Waals surface area contributed by atoms with Crippen molar-refractivity contribution in [1.29, 1.82) is 0 Å². The van der Waals surface area contributed by atoms with Gasteiger partial charge < -0.3 is 19.6 Å². The standard InChI is InChI=1S/C34H38N2O5S/c1-4-5-15-30(31-21-35-33(41-31)25-12-7-6-8-13-25)40-22-24-16-17-27(28(20-24)26-14-10-9-11-23(26)2)32(37)36-29(34(38)39)18-19-42-3/h6-14,16-17,20-21,29-30H,4-5,15,18-19,22H2,1-3H3,(H,36,37)(H,38,39)/t29?,30-/m0/s1. The third-order valence-corrected chi connectivity index (χ3v) is 7.75. The molecule has 0 fully saturated rings. The van der Waals surface area contributed by atoms with Crippen molar-refractivity contribution >= 4 is 23.6 Å². The molecule has 8 heteroatoms. The second-order valence-electron chi connectivity index (χ2n) is 10.2. The van der Waals surface area contributed by atoms with Gasteiger partial charge in [-0.3, -0.25) is 4.79 Å². The van der Waals surface area contributed by atoms with Gasteiger partial charge in [0, 0.05) is 11.1 Å². The SMILES string of the molecule is CCCC[C@H](OCc1ccc(C(=O)NC(CCSC)C(=O)O)c(-c2ccccc2C)c1)c1cnc(-c2ccccc2)o1. The number of oxazole rings is 1. The third kappa shape index (κ3) is 8.11. The van der Waals surface area contributed by atoms with Crippen LogP contribution < -0.4 is 5.32 Å². The molecular weight excluding hydrogens is 548 g/mol. The van der Waals surface area contributed by atoms with Crippen molar-refractivity contribution < 1.29 is 23.8 Å². The Labute approximate surface area is 251 Å². The van der Waals surface area contributed by atoms with Crippen molar-refractivity contribution in [2.45, 2.75) is 58.3 Å². The maximum atomic E-state index is 13.4. The van der Waals surface area contributed by atoms with Crippen LogP contribution in [-0.2, 0) is 16.1 Å². The minimum absolute atomic E-state index is 0.271. The number of aryl methyl sites for hydroxylation is 1. The Morgan fingerprint density at radius 1 is 1.02 bits per heavy atom. The second-order valence-corrected chi connectivity index (χ2v) is 11.2. The number of aromatic nitrogens is 1. The first-order valence-corrected chi connectivity index (χ1v) is 15.6. The number of amides is 1. The first kappa shape index (κ1) is 31.1. The number of carboxylic acid groups (broad SMARTS) is 1. The first-order valence-electron chi connectivity index (χ1n) is 14.3. The van der Waals surface area contributed by atoms with Gasteiger partial charge in [0.25, 0.3) is 5.91 Å². The molecule has 0 radical (unpaired) electrons. The van der Waals surface area contributed by atoms with Crippen LogP contribution in [0.2, 0.25) is 0 Å². The van der Waals surface area contributed by atoms with Crippen molar-refractivity contribution in [2.75, 3.05) is 12.0 Å². The highest BCUT2D eigenvalue weighted by Crippen LogP contribution is 2.32. The Bertz CT molecular complexity index is 1470. The summed E-state index contributed by atoms with van der Waals surface area (Å²) in [4.78, 5) is 29.7. The van der Waals surface area contributed by atoms with E-state index in [2.05, 4.69) is 17.2 Å². The van der Waals surface area contributed by atoms with Crippen molar-refractivity contribution in [3.63, 3.8) is 0 Å². The number of nitrogens with one attached hydrogen (secondary N) is 1. The Morgan fingerprint density at radius 3 is 2.50 bits per heavy atom. The lowest BCUT2D eigenvalue weighted by molar-refractivity contribution is -0.139. The summed E-state index contributed by atoms with van der Waals surface area (Å²) in [6.07, 6.45) is 6.52. The van der Waals surface area contributed by atoms with E-state index in [0.717, 1.165) is 47.1 Å². The summed E-state index contributed by atoms with van der Waals surface area (Å²) in [6.45, 7) is 4.44. The van der Waals surface area contributed by atoms with E-state index >= 15 is 0 Å². The molecule has 1 aromatic heterocycles. The smallest absolute Gasteiger partial charge is 0.326 e. The second kappa shape index (κ2) is 15.4. The molecule has 7 nitrogen and oxygen atoms in total. The molecule has 0 aliphatic carbocycles. The van der Waals surface area contributed by atoms with Crippen LogP contribution in [-0.4, -0.2) is 40.0 Å². The molecule has 4 rings (SSSR count). The highest BCUT2D eigenvalue weighted by atomic mass is 32.2. The summed E-state index contributed by atoms with van der Waals surface area (Å²) in [7, 11) is 0. The first-order chi connectivity index (χ1) is 20.4. The predicted molar refractivity (Wildman–Crippen MR) is 167 cm³/mol. The average molecular weight is 587 g/mol. The number of thioether (sulfide) groups is 1. The van der Waals surface area contributed by atoms with E-state index < -0.39 is 17.9 Å². The maximum absolute atomic E-state index is 13.4. The van der Waals surface area contributed by atoms with E-state index in [9.17, 15) is 14.7 Å². The van der Waals surface area contributed by atoms with E-state index in [1.165, 1.54) is 0 Å². The van der Waals surface area contributed by atoms with E-state index in [1.807, 2.05) is 79.9 Å². The zero-order valence-electron chi connectivity index (χ0n) is 24.3. The molecule has 2 atom stereocenters. The number of nitrogens with zero attached hydrogens (tertiary/aromatic N) is 1. The summed E-state index contributed by atoms with van der Waals surface area (Å²) < 4.78 is 12.5. The number of unbranched alkanes of at least 4 members (excludes halogenated alkanes) is 1. The summed E-state index contributed by atoms with van der Waals surface area (Å²) in [5.41, 5.74) is 4.88. The molecule has 4 aromatic rings. The van der Waals surface area contributed by atoms with Crippen LogP contribution in [0, 0.1) is 6.92 Å². The van der Waals surface area contributed by atoms with Gasteiger partial charge in [0.05, 0.1) is 12.8 Å². The monoisotopic (exact) mass is 586 g/mol. The summed E-state index contributed by atoms with van der Waals surface area (Å²) in [6, 6.07) is 22.2. The lowest BCUT2D eigenvalue weighted by atomic mass is 9.93. The Kier molecular flexibility index (Phi) is 11.4. The molecule has 2 N–H and O–H groups in total. The van der Waals surface area contributed by atoms with Crippen LogP contribution in [0.15, 0.2) is 83.4 Å². The number of ether oxygens (including phenoxy) is 1. The molecular formula is C34H38N2O5S. The quantitative estimate of drug-likeness (QED) is 0.147. The summed E-state index contributed by atoms with van der Waals surface area (Å²) in [5.74, 6) is 0.425. The minimum atomic E-state index is -1.04. The van der Waals surface area contributed by atoms with E-state index in [-0.39, 0.29) is 6.10 Å². The number of benzene rings is 3. The van der Waals surface area contributed by atoms with Crippen LogP contribution >= 0.6 is 11.8 Å². The van der Waals surface area contributed by atoms with Gasteiger partial charge in [-0.25, -0.2) is 9.78 Å². The number of carboxylic acids is 1. The van der Waals surface area contributed by atoms with Gasteiger partial charge in [0.15, 0.2) is 5.76 Å². The average Bonchev–Trinajstić information content (AvgIpc) is 3.50. The fraction of sp³-hybridized carbons (Fsp3) is 0.324. The van der Waals surface area contributed by atoms with Gasteiger partial charge in [-0.05, 0) is 78.3 Å². The number of aliphatic carboxylic acids is 1. The van der Waals surface area contributed by atoms with E-state index in [4.69, 9.17) is 9.15 Å².